The van der Waals surface area contributed by atoms with Gasteiger partial charge in [-0.3, -0.25) is 4.79 Å². The number of hydrogen-bond acceptors (Lipinski definition) is 4. The molecule has 0 saturated heterocycles. The summed E-state index contributed by atoms with van der Waals surface area (Å²) in [7, 11) is 0. The highest BCUT2D eigenvalue weighted by molar-refractivity contribution is 5.90. The zero-order valence-corrected chi connectivity index (χ0v) is 16.0. The van der Waals surface area contributed by atoms with Gasteiger partial charge >= 0.3 is 0 Å². The van der Waals surface area contributed by atoms with E-state index in [1.807, 2.05) is 60.4 Å². The fraction of sp³-hybridized carbons (Fsp3) is 0.381. The number of aromatic nitrogens is 4. The summed E-state index contributed by atoms with van der Waals surface area (Å²) in [5, 5.41) is 11.7. The minimum Gasteiger partial charge on any atom is -0.378 e. The van der Waals surface area contributed by atoms with Gasteiger partial charge < -0.3 is 10.1 Å². The molecule has 1 saturated carbocycles. The number of nitrogens with one attached hydrogen (secondary N) is 1. The molecule has 1 amide bonds. The van der Waals surface area contributed by atoms with Crippen molar-refractivity contribution in [3.8, 4) is 5.69 Å². The third kappa shape index (κ3) is 4.31. The highest BCUT2D eigenvalue weighted by atomic mass is 16.5. The predicted molar refractivity (Wildman–Crippen MR) is 106 cm³/mol. The molecule has 2 aromatic heterocycles. The SMILES string of the molecule is CCOC1CC(CC(=O)Nc2ccnn2Cc2cnn(-c3ccccc3)c2)C1. The van der Waals surface area contributed by atoms with Crippen LogP contribution in [0.4, 0.5) is 5.82 Å². The molecular formula is C21H25N5O2. The number of para-hydroxylation sites is 1. The van der Waals surface area contributed by atoms with Crippen LogP contribution in [0.2, 0.25) is 0 Å². The largest absolute Gasteiger partial charge is 0.378 e. The Kier molecular flexibility index (Phi) is 5.53. The van der Waals surface area contributed by atoms with Crippen LogP contribution in [0.5, 0.6) is 0 Å². The molecule has 0 radical (unpaired) electrons. The fourth-order valence-corrected chi connectivity index (χ4v) is 3.57. The summed E-state index contributed by atoms with van der Waals surface area (Å²) in [6, 6.07) is 11.8. The maximum absolute atomic E-state index is 12.4. The molecule has 1 fully saturated rings. The second-order valence-electron chi connectivity index (χ2n) is 7.17. The lowest BCUT2D eigenvalue weighted by Gasteiger charge is -2.34. The van der Waals surface area contributed by atoms with Crippen molar-refractivity contribution in [2.45, 2.75) is 38.8 Å². The molecule has 28 heavy (non-hydrogen) atoms. The Bertz CT molecular complexity index is 912. The third-order valence-corrected chi connectivity index (χ3v) is 5.04. The number of carbonyl (C=O) groups is 1. The van der Waals surface area contributed by atoms with Crippen molar-refractivity contribution < 1.29 is 9.53 Å². The summed E-state index contributed by atoms with van der Waals surface area (Å²) in [6.07, 6.45) is 8.30. The second kappa shape index (κ2) is 8.39. The highest BCUT2D eigenvalue weighted by Crippen LogP contribution is 2.32. The van der Waals surface area contributed by atoms with Crippen molar-refractivity contribution in [1.29, 1.82) is 0 Å². The first-order valence-electron chi connectivity index (χ1n) is 9.73. The number of benzene rings is 1. The van der Waals surface area contributed by atoms with E-state index in [9.17, 15) is 4.79 Å². The number of amides is 1. The minimum absolute atomic E-state index is 0.0293. The van der Waals surface area contributed by atoms with Crippen LogP contribution in [0.15, 0.2) is 55.0 Å². The van der Waals surface area contributed by atoms with Crippen LogP contribution in [0.3, 0.4) is 0 Å². The maximum Gasteiger partial charge on any atom is 0.225 e. The van der Waals surface area contributed by atoms with Crippen LogP contribution in [0.25, 0.3) is 5.69 Å². The molecule has 0 atom stereocenters. The van der Waals surface area contributed by atoms with E-state index in [-0.39, 0.29) is 5.91 Å². The number of carbonyl (C=O) groups excluding carboxylic acids is 1. The van der Waals surface area contributed by atoms with E-state index < -0.39 is 0 Å². The Labute approximate surface area is 164 Å². The Morgan fingerprint density at radius 2 is 2.04 bits per heavy atom. The summed E-state index contributed by atoms with van der Waals surface area (Å²) in [5.74, 6) is 1.15. The molecule has 1 aromatic carbocycles. The van der Waals surface area contributed by atoms with E-state index in [0.717, 1.165) is 30.7 Å². The van der Waals surface area contributed by atoms with E-state index in [0.29, 0.717) is 30.8 Å². The van der Waals surface area contributed by atoms with Crippen molar-refractivity contribution in [2.24, 2.45) is 5.92 Å². The molecule has 1 N–H and O–H groups in total. The van der Waals surface area contributed by atoms with Gasteiger partial charge in [-0.25, -0.2) is 9.36 Å². The number of anilines is 1. The van der Waals surface area contributed by atoms with Crippen molar-refractivity contribution >= 4 is 11.7 Å². The van der Waals surface area contributed by atoms with E-state index in [1.54, 1.807) is 10.9 Å². The molecule has 0 unspecified atom stereocenters. The highest BCUT2D eigenvalue weighted by Gasteiger charge is 2.31. The van der Waals surface area contributed by atoms with Crippen LogP contribution < -0.4 is 5.32 Å². The van der Waals surface area contributed by atoms with Crippen molar-refractivity contribution in [2.75, 3.05) is 11.9 Å². The molecule has 1 aliphatic rings. The standard InChI is InChI=1S/C21H25N5O2/c1-2-28-19-10-16(11-19)12-21(27)24-20-8-9-22-26(20)15-17-13-23-25(14-17)18-6-4-3-5-7-18/h3-9,13-14,16,19H,2,10-12,15H2,1H3,(H,24,27). The maximum atomic E-state index is 12.4. The number of hydrogen-bond donors (Lipinski definition) is 1. The van der Waals surface area contributed by atoms with E-state index in [4.69, 9.17) is 4.74 Å². The van der Waals surface area contributed by atoms with E-state index in [1.165, 1.54) is 0 Å². The minimum atomic E-state index is 0.0293. The molecule has 7 nitrogen and oxygen atoms in total. The monoisotopic (exact) mass is 379 g/mol. The molecule has 1 aliphatic carbocycles. The lowest BCUT2D eigenvalue weighted by molar-refractivity contribution is -0.119. The Hall–Kier alpha value is -2.93. The predicted octanol–water partition coefficient (Wildman–Crippen LogP) is 3.26. The van der Waals surface area contributed by atoms with Crippen molar-refractivity contribution in [3.63, 3.8) is 0 Å². The molecule has 3 aromatic rings. The van der Waals surface area contributed by atoms with E-state index >= 15 is 0 Å². The molecule has 0 aliphatic heterocycles. The van der Waals surface area contributed by atoms with Crippen LogP contribution >= 0.6 is 0 Å². The first-order chi connectivity index (χ1) is 13.7. The number of ether oxygens (including phenoxy) is 1. The molecule has 0 spiro atoms. The van der Waals surface area contributed by atoms with Crippen LogP contribution in [0, 0.1) is 5.92 Å². The first kappa shape index (κ1) is 18.4. The molecule has 7 heteroatoms. The summed E-state index contributed by atoms with van der Waals surface area (Å²) < 4.78 is 9.18. The second-order valence-corrected chi connectivity index (χ2v) is 7.17. The fourth-order valence-electron chi connectivity index (χ4n) is 3.57. The van der Waals surface area contributed by atoms with Gasteiger partial charge in [0.15, 0.2) is 0 Å². The van der Waals surface area contributed by atoms with Gasteiger partial charge in [-0.1, -0.05) is 18.2 Å². The average Bonchev–Trinajstić information content (AvgIpc) is 3.31. The summed E-state index contributed by atoms with van der Waals surface area (Å²) in [6.45, 7) is 3.29. The zero-order valence-electron chi connectivity index (χ0n) is 16.0. The average molecular weight is 379 g/mol. The van der Waals surface area contributed by atoms with Gasteiger partial charge in [-0.05, 0) is 37.8 Å². The summed E-state index contributed by atoms with van der Waals surface area (Å²) in [4.78, 5) is 12.4. The van der Waals surface area contributed by atoms with Gasteiger partial charge in [0.2, 0.25) is 5.91 Å². The van der Waals surface area contributed by atoms with Crippen LogP contribution in [0.1, 0.15) is 31.7 Å². The van der Waals surface area contributed by atoms with Gasteiger partial charge in [0, 0.05) is 30.9 Å². The van der Waals surface area contributed by atoms with Gasteiger partial charge in [0.25, 0.3) is 0 Å². The Morgan fingerprint density at radius 3 is 2.82 bits per heavy atom. The molecule has 2 heterocycles. The van der Waals surface area contributed by atoms with Crippen molar-refractivity contribution in [3.05, 3.63) is 60.6 Å². The quantitative estimate of drug-likeness (QED) is 0.652. The molecule has 0 bridgehead atoms. The molecule has 146 valence electrons. The molecule has 4 rings (SSSR count). The summed E-state index contributed by atoms with van der Waals surface area (Å²) >= 11 is 0. The Balaban J connectivity index is 1.33. The smallest absolute Gasteiger partial charge is 0.225 e. The van der Waals surface area contributed by atoms with E-state index in [2.05, 4.69) is 15.5 Å². The lowest BCUT2D eigenvalue weighted by Crippen LogP contribution is -2.34. The normalized spacial score (nSPS) is 18.6. The first-order valence-corrected chi connectivity index (χ1v) is 9.73. The van der Waals surface area contributed by atoms with Gasteiger partial charge in [-0.15, -0.1) is 0 Å². The zero-order chi connectivity index (χ0) is 19.3. The van der Waals surface area contributed by atoms with Crippen molar-refractivity contribution in [1.82, 2.24) is 19.6 Å². The van der Waals surface area contributed by atoms with Gasteiger partial charge in [0.05, 0.1) is 30.7 Å². The number of nitrogens with zero attached hydrogens (tertiary/aromatic N) is 4. The molecular weight excluding hydrogens is 354 g/mol. The van der Waals surface area contributed by atoms with Gasteiger partial charge in [-0.2, -0.15) is 10.2 Å². The van der Waals surface area contributed by atoms with Crippen LogP contribution in [-0.2, 0) is 16.1 Å². The number of rotatable bonds is 8. The Morgan fingerprint density at radius 1 is 1.21 bits per heavy atom. The third-order valence-electron chi connectivity index (χ3n) is 5.04. The van der Waals surface area contributed by atoms with Gasteiger partial charge in [0.1, 0.15) is 5.82 Å². The summed E-state index contributed by atoms with van der Waals surface area (Å²) in [5.41, 5.74) is 2.02. The van der Waals surface area contributed by atoms with Crippen LogP contribution in [-0.4, -0.2) is 38.2 Å². The lowest BCUT2D eigenvalue weighted by atomic mass is 9.80. The topological polar surface area (TPSA) is 74.0 Å².